The number of aromatic amines is 1. The summed E-state index contributed by atoms with van der Waals surface area (Å²) >= 11 is 0. The molecule has 1 aliphatic rings. The smallest absolute Gasteiger partial charge is 0.104 e. The van der Waals surface area contributed by atoms with Crippen molar-refractivity contribution in [2.75, 3.05) is 13.1 Å². The van der Waals surface area contributed by atoms with Crippen molar-refractivity contribution in [2.24, 2.45) is 5.92 Å². The number of nitrogens with one attached hydrogen (secondary N) is 1. The van der Waals surface area contributed by atoms with Crippen molar-refractivity contribution in [3.05, 3.63) is 29.6 Å². The zero-order valence-electron chi connectivity index (χ0n) is 11.2. The van der Waals surface area contributed by atoms with Crippen molar-refractivity contribution in [1.82, 2.24) is 14.9 Å². The first-order chi connectivity index (χ1) is 8.70. The number of likely N-dealkylation sites (tertiary alicyclic amines) is 1. The Morgan fingerprint density at radius 3 is 2.89 bits per heavy atom. The molecule has 0 unspecified atom stereocenters. The van der Waals surface area contributed by atoms with Crippen LogP contribution in [0.4, 0.5) is 0 Å². The summed E-state index contributed by atoms with van der Waals surface area (Å²) < 4.78 is 0. The van der Waals surface area contributed by atoms with Gasteiger partial charge in [-0.2, -0.15) is 0 Å². The van der Waals surface area contributed by atoms with Crippen molar-refractivity contribution in [1.29, 1.82) is 0 Å². The van der Waals surface area contributed by atoms with Gasteiger partial charge in [-0.25, -0.2) is 4.98 Å². The minimum atomic E-state index is 0.902. The Balaban J connectivity index is 1.74. The summed E-state index contributed by atoms with van der Waals surface area (Å²) in [6, 6.07) is 6.58. The van der Waals surface area contributed by atoms with E-state index in [4.69, 9.17) is 0 Å². The second kappa shape index (κ2) is 4.73. The molecule has 0 saturated carbocycles. The maximum atomic E-state index is 4.44. The number of imidazole rings is 1. The van der Waals surface area contributed by atoms with E-state index in [1.165, 1.54) is 31.5 Å². The van der Waals surface area contributed by atoms with E-state index in [1.807, 2.05) is 6.92 Å². The van der Waals surface area contributed by atoms with Crippen molar-refractivity contribution >= 4 is 11.0 Å². The Hall–Kier alpha value is -1.35. The summed E-state index contributed by atoms with van der Waals surface area (Å²) in [5, 5.41) is 0. The van der Waals surface area contributed by atoms with Gasteiger partial charge in [0.2, 0.25) is 0 Å². The Kier molecular flexibility index (Phi) is 3.08. The molecule has 18 heavy (non-hydrogen) atoms. The summed E-state index contributed by atoms with van der Waals surface area (Å²) in [5.74, 6) is 1.90. The summed E-state index contributed by atoms with van der Waals surface area (Å²) in [4.78, 5) is 10.3. The number of fused-ring (bicyclic) bond motifs is 1. The van der Waals surface area contributed by atoms with Gasteiger partial charge in [0.05, 0.1) is 11.0 Å². The first kappa shape index (κ1) is 11.7. The minimum Gasteiger partial charge on any atom is -0.342 e. The second-order valence-electron chi connectivity index (χ2n) is 5.63. The van der Waals surface area contributed by atoms with Gasteiger partial charge in [-0.1, -0.05) is 13.0 Å². The van der Waals surface area contributed by atoms with Crippen molar-refractivity contribution in [2.45, 2.75) is 33.2 Å². The largest absolute Gasteiger partial charge is 0.342 e. The number of nitrogens with zero attached hydrogens (tertiary/aromatic N) is 2. The molecule has 2 aromatic rings. The average Bonchev–Trinajstić information content (AvgIpc) is 2.71. The molecule has 2 heterocycles. The Bertz CT molecular complexity index is 536. The third-order valence-electron chi connectivity index (χ3n) is 3.95. The van der Waals surface area contributed by atoms with Crippen LogP contribution in [0.1, 0.15) is 31.2 Å². The number of benzene rings is 1. The summed E-state index contributed by atoms with van der Waals surface area (Å²) in [6.45, 7) is 7.91. The lowest BCUT2D eigenvalue weighted by Crippen LogP contribution is -2.32. The highest BCUT2D eigenvalue weighted by Crippen LogP contribution is 2.20. The number of hydrogen-bond acceptors (Lipinski definition) is 2. The van der Waals surface area contributed by atoms with E-state index in [1.54, 1.807) is 0 Å². The van der Waals surface area contributed by atoms with E-state index in [-0.39, 0.29) is 0 Å². The standard InChI is InChI=1S/C15H21N3/c1-11-5-7-18(8-6-11)10-13-3-4-14-15(9-13)17-12(2)16-14/h3-4,9,11H,5-8,10H2,1-2H3,(H,16,17). The maximum Gasteiger partial charge on any atom is 0.104 e. The molecule has 0 radical (unpaired) electrons. The first-order valence-corrected chi connectivity index (χ1v) is 6.88. The number of hydrogen-bond donors (Lipinski definition) is 1. The fourth-order valence-corrected chi connectivity index (χ4v) is 2.76. The number of aromatic nitrogens is 2. The molecule has 1 aromatic carbocycles. The Morgan fingerprint density at radius 2 is 2.11 bits per heavy atom. The topological polar surface area (TPSA) is 31.9 Å². The average molecular weight is 243 g/mol. The van der Waals surface area contributed by atoms with E-state index < -0.39 is 0 Å². The van der Waals surface area contributed by atoms with Crippen LogP contribution in [-0.2, 0) is 6.54 Å². The summed E-state index contributed by atoms with van der Waals surface area (Å²) in [5.41, 5.74) is 3.62. The van der Waals surface area contributed by atoms with Gasteiger partial charge in [-0.3, -0.25) is 4.90 Å². The van der Waals surface area contributed by atoms with Crippen molar-refractivity contribution in [3.63, 3.8) is 0 Å². The monoisotopic (exact) mass is 243 g/mol. The van der Waals surface area contributed by atoms with Gasteiger partial charge in [0.1, 0.15) is 5.82 Å². The van der Waals surface area contributed by atoms with Gasteiger partial charge < -0.3 is 4.98 Å². The van der Waals surface area contributed by atoms with Gasteiger partial charge in [-0.15, -0.1) is 0 Å². The highest BCUT2D eigenvalue weighted by Gasteiger charge is 2.15. The normalized spacial score (nSPS) is 18.6. The van der Waals surface area contributed by atoms with Crippen LogP contribution in [-0.4, -0.2) is 28.0 Å². The number of piperidine rings is 1. The molecule has 1 saturated heterocycles. The Morgan fingerprint density at radius 1 is 1.33 bits per heavy atom. The van der Waals surface area contributed by atoms with Gasteiger partial charge in [0.15, 0.2) is 0 Å². The summed E-state index contributed by atoms with van der Waals surface area (Å²) in [7, 11) is 0. The molecule has 3 rings (SSSR count). The van der Waals surface area contributed by atoms with Crippen LogP contribution in [0.2, 0.25) is 0 Å². The highest BCUT2D eigenvalue weighted by molar-refractivity contribution is 5.75. The van der Waals surface area contributed by atoms with E-state index in [2.05, 4.69) is 40.0 Å². The van der Waals surface area contributed by atoms with Crippen LogP contribution in [0.5, 0.6) is 0 Å². The molecule has 0 spiro atoms. The third kappa shape index (κ3) is 2.41. The molecule has 1 aliphatic heterocycles. The quantitative estimate of drug-likeness (QED) is 0.879. The van der Waals surface area contributed by atoms with Crippen LogP contribution in [0.25, 0.3) is 11.0 Å². The second-order valence-corrected chi connectivity index (χ2v) is 5.63. The molecule has 0 amide bonds. The SMILES string of the molecule is Cc1nc2ccc(CN3CCC(C)CC3)cc2[nH]1. The van der Waals surface area contributed by atoms with Crippen molar-refractivity contribution < 1.29 is 0 Å². The molecule has 1 N–H and O–H groups in total. The molecule has 0 aliphatic carbocycles. The van der Waals surface area contributed by atoms with Gasteiger partial charge in [0, 0.05) is 6.54 Å². The van der Waals surface area contributed by atoms with Crippen LogP contribution >= 0.6 is 0 Å². The predicted octanol–water partition coefficient (Wildman–Crippen LogP) is 3.10. The van der Waals surface area contributed by atoms with Crippen LogP contribution in [0.15, 0.2) is 18.2 Å². The zero-order valence-corrected chi connectivity index (χ0v) is 11.2. The minimum absolute atomic E-state index is 0.902. The molecule has 1 aromatic heterocycles. The lowest BCUT2D eigenvalue weighted by molar-refractivity contribution is 0.185. The fourth-order valence-electron chi connectivity index (χ4n) is 2.76. The summed E-state index contributed by atoms with van der Waals surface area (Å²) in [6.07, 6.45) is 2.68. The van der Waals surface area contributed by atoms with Crippen LogP contribution < -0.4 is 0 Å². The predicted molar refractivity (Wildman–Crippen MR) is 74.5 cm³/mol. The zero-order chi connectivity index (χ0) is 12.5. The molecule has 3 nitrogen and oxygen atoms in total. The molecule has 0 bridgehead atoms. The third-order valence-corrected chi connectivity index (χ3v) is 3.95. The molecule has 1 fully saturated rings. The van der Waals surface area contributed by atoms with E-state index >= 15 is 0 Å². The van der Waals surface area contributed by atoms with Gasteiger partial charge in [-0.05, 0) is 56.5 Å². The van der Waals surface area contributed by atoms with Crippen LogP contribution in [0, 0.1) is 12.8 Å². The molecular weight excluding hydrogens is 222 g/mol. The van der Waals surface area contributed by atoms with E-state index in [0.29, 0.717) is 0 Å². The Labute approximate surface area is 108 Å². The first-order valence-electron chi connectivity index (χ1n) is 6.88. The van der Waals surface area contributed by atoms with E-state index in [0.717, 1.165) is 29.3 Å². The highest BCUT2D eigenvalue weighted by atomic mass is 15.1. The van der Waals surface area contributed by atoms with Gasteiger partial charge in [0.25, 0.3) is 0 Å². The number of rotatable bonds is 2. The maximum absolute atomic E-state index is 4.44. The lowest BCUT2D eigenvalue weighted by atomic mass is 9.99. The van der Waals surface area contributed by atoms with Crippen LogP contribution in [0.3, 0.4) is 0 Å². The molecular formula is C15H21N3. The molecule has 0 atom stereocenters. The molecule has 96 valence electrons. The fraction of sp³-hybridized carbons (Fsp3) is 0.533. The van der Waals surface area contributed by atoms with Crippen molar-refractivity contribution in [3.8, 4) is 0 Å². The van der Waals surface area contributed by atoms with E-state index in [9.17, 15) is 0 Å². The lowest BCUT2D eigenvalue weighted by Gasteiger charge is -2.30. The number of H-pyrrole nitrogens is 1. The molecule has 3 heteroatoms. The van der Waals surface area contributed by atoms with Gasteiger partial charge >= 0.3 is 0 Å². The number of aryl methyl sites for hydroxylation is 1.